The Morgan fingerprint density at radius 3 is 2.65 bits per heavy atom. The highest BCUT2D eigenvalue weighted by atomic mass is 19.1. The molecule has 1 fully saturated rings. The Morgan fingerprint density at radius 1 is 1.35 bits per heavy atom. The molecule has 94 valence electrons. The van der Waals surface area contributed by atoms with Gasteiger partial charge in [0.05, 0.1) is 0 Å². The number of aromatic hydroxyl groups is 1. The summed E-state index contributed by atoms with van der Waals surface area (Å²) in [4.78, 5) is 2.25. The topological polar surface area (TPSA) is 35.5 Å². The number of halogens is 1. The quantitative estimate of drug-likeness (QED) is 0.824. The minimum Gasteiger partial charge on any atom is -0.507 e. The Labute approximate surface area is 101 Å². The minimum absolute atomic E-state index is 0.0477. The molecule has 1 atom stereocenters. The standard InChI is InChI=1S/C13H19FN2O/c1-9-7-11(14)8-12(13(9)17)10(2)16-5-3-15-4-6-16/h7-8,10,15,17H,3-6H2,1-2H3/t10-/m0/s1. The van der Waals surface area contributed by atoms with Crippen LogP contribution in [0.2, 0.25) is 0 Å². The number of piperazine rings is 1. The fourth-order valence-electron chi connectivity index (χ4n) is 2.35. The molecular formula is C13H19FN2O. The maximum atomic E-state index is 13.4. The zero-order valence-electron chi connectivity index (χ0n) is 10.3. The summed E-state index contributed by atoms with van der Waals surface area (Å²) in [5.41, 5.74) is 1.28. The second-order valence-corrected chi connectivity index (χ2v) is 4.62. The molecule has 4 heteroatoms. The van der Waals surface area contributed by atoms with E-state index in [-0.39, 0.29) is 17.6 Å². The average molecular weight is 238 g/mol. The summed E-state index contributed by atoms with van der Waals surface area (Å²) in [7, 11) is 0. The lowest BCUT2D eigenvalue weighted by Crippen LogP contribution is -2.44. The van der Waals surface area contributed by atoms with Crippen molar-refractivity contribution in [2.75, 3.05) is 26.2 Å². The number of hydrogen-bond donors (Lipinski definition) is 2. The Bertz CT molecular complexity index is 403. The molecule has 0 bridgehead atoms. The summed E-state index contributed by atoms with van der Waals surface area (Å²) in [6.45, 7) is 7.48. The molecule has 2 rings (SSSR count). The van der Waals surface area contributed by atoms with Crippen molar-refractivity contribution in [1.82, 2.24) is 10.2 Å². The van der Waals surface area contributed by atoms with E-state index in [9.17, 15) is 9.50 Å². The number of hydrogen-bond acceptors (Lipinski definition) is 3. The van der Waals surface area contributed by atoms with Crippen LogP contribution in [0.5, 0.6) is 5.75 Å². The van der Waals surface area contributed by atoms with Crippen molar-refractivity contribution in [1.29, 1.82) is 0 Å². The largest absolute Gasteiger partial charge is 0.507 e. The third kappa shape index (κ3) is 2.58. The van der Waals surface area contributed by atoms with Crippen molar-refractivity contribution in [3.05, 3.63) is 29.1 Å². The van der Waals surface area contributed by atoms with Crippen LogP contribution < -0.4 is 5.32 Å². The molecule has 1 aliphatic heterocycles. The molecule has 0 unspecified atom stereocenters. The van der Waals surface area contributed by atoms with Crippen LogP contribution in [0.15, 0.2) is 12.1 Å². The van der Waals surface area contributed by atoms with E-state index >= 15 is 0 Å². The smallest absolute Gasteiger partial charge is 0.124 e. The first-order valence-corrected chi connectivity index (χ1v) is 6.03. The first kappa shape index (κ1) is 12.3. The summed E-state index contributed by atoms with van der Waals surface area (Å²) >= 11 is 0. The summed E-state index contributed by atoms with van der Waals surface area (Å²) < 4.78 is 13.4. The fraction of sp³-hybridized carbons (Fsp3) is 0.538. The van der Waals surface area contributed by atoms with Gasteiger partial charge in [0.25, 0.3) is 0 Å². The average Bonchev–Trinajstić information content (AvgIpc) is 2.34. The Kier molecular flexibility index (Phi) is 3.64. The minimum atomic E-state index is -0.280. The molecule has 3 nitrogen and oxygen atoms in total. The molecule has 0 saturated carbocycles. The van der Waals surface area contributed by atoms with E-state index in [1.807, 2.05) is 6.92 Å². The molecule has 0 spiro atoms. The molecule has 0 radical (unpaired) electrons. The third-order valence-corrected chi connectivity index (χ3v) is 3.44. The van der Waals surface area contributed by atoms with Crippen molar-refractivity contribution in [2.24, 2.45) is 0 Å². The van der Waals surface area contributed by atoms with Gasteiger partial charge < -0.3 is 10.4 Å². The second-order valence-electron chi connectivity index (χ2n) is 4.62. The van der Waals surface area contributed by atoms with E-state index in [4.69, 9.17) is 0 Å². The van der Waals surface area contributed by atoms with Gasteiger partial charge >= 0.3 is 0 Å². The van der Waals surface area contributed by atoms with Crippen molar-refractivity contribution in [2.45, 2.75) is 19.9 Å². The highest BCUT2D eigenvalue weighted by Crippen LogP contribution is 2.31. The highest BCUT2D eigenvalue weighted by molar-refractivity contribution is 5.41. The summed E-state index contributed by atoms with van der Waals surface area (Å²) in [5, 5.41) is 13.3. The molecule has 1 aromatic rings. The first-order chi connectivity index (χ1) is 8.09. The number of phenolic OH excluding ortho intramolecular Hbond substituents is 1. The van der Waals surface area contributed by atoms with E-state index in [0.717, 1.165) is 26.2 Å². The molecule has 1 aliphatic rings. The second kappa shape index (κ2) is 5.02. The van der Waals surface area contributed by atoms with Gasteiger partial charge in [0, 0.05) is 37.8 Å². The summed E-state index contributed by atoms with van der Waals surface area (Å²) in [5.74, 6) is -0.0604. The fourth-order valence-corrected chi connectivity index (χ4v) is 2.35. The van der Waals surface area contributed by atoms with E-state index in [1.54, 1.807) is 6.92 Å². The van der Waals surface area contributed by atoms with Gasteiger partial charge in [-0.05, 0) is 31.5 Å². The van der Waals surface area contributed by atoms with Gasteiger partial charge in [-0.2, -0.15) is 0 Å². The molecule has 2 N–H and O–H groups in total. The predicted octanol–water partition coefficient (Wildman–Crippen LogP) is 1.81. The van der Waals surface area contributed by atoms with Crippen molar-refractivity contribution in [3.8, 4) is 5.75 Å². The molecule has 0 amide bonds. The molecule has 0 aliphatic carbocycles. The normalized spacial score (nSPS) is 19.2. The van der Waals surface area contributed by atoms with E-state index in [2.05, 4.69) is 10.2 Å². The monoisotopic (exact) mass is 238 g/mol. The van der Waals surface area contributed by atoms with Gasteiger partial charge in [-0.25, -0.2) is 4.39 Å². The lowest BCUT2D eigenvalue weighted by molar-refractivity contribution is 0.182. The van der Waals surface area contributed by atoms with Gasteiger partial charge in [0.15, 0.2) is 0 Å². The molecule has 1 heterocycles. The van der Waals surface area contributed by atoms with Crippen LogP contribution in [0.25, 0.3) is 0 Å². The molecule has 1 aromatic carbocycles. The lowest BCUT2D eigenvalue weighted by atomic mass is 10.0. The van der Waals surface area contributed by atoms with Gasteiger partial charge in [0.1, 0.15) is 11.6 Å². The maximum absolute atomic E-state index is 13.4. The van der Waals surface area contributed by atoms with Crippen LogP contribution in [0.4, 0.5) is 4.39 Å². The SMILES string of the molecule is Cc1cc(F)cc([C@H](C)N2CCNCC2)c1O. The number of aryl methyl sites for hydroxylation is 1. The third-order valence-electron chi connectivity index (χ3n) is 3.44. The highest BCUT2D eigenvalue weighted by Gasteiger charge is 2.21. The number of phenols is 1. The number of rotatable bonds is 2. The summed E-state index contributed by atoms with van der Waals surface area (Å²) in [6, 6.07) is 2.85. The molecule has 17 heavy (non-hydrogen) atoms. The Balaban J connectivity index is 2.26. The number of benzene rings is 1. The van der Waals surface area contributed by atoms with Crippen LogP contribution in [-0.2, 0) is 0 Å². The molecular weight excluding hydrogens is 219 g/mol. The number of nitrogens with one attached hydrogen (secondary N) is 1. The van der Waals surface area contributed by atoms with Crippen LogP contribution in [-0.4, -0.2) is 36.2 Å². The van der Waals surface area contributed by atoms with Crippen molar-refractivity contribution < 1.29 is 9.50 Å². The van der Waals surface area contributed by atoms with E-state index < -0.39 is 0 Å². The van der Waals surface area contributed by atoms with Crippen molar-refractivity contribution in [3.63, 3.8) is 0 Å². The molecule has 1 saturated heterocycles. The predicted molar refractivity (Wildman–Crippen MR) is 65.7 cm³/mol. The van der Waals surface area contributed by atoms with Gasteiger partial charge in [-0.3, -0.25) is 4.90 Å². The van der Waals surface area contributed by atoms with Crippen molar-refractivity contribution >= 4 is 0 Å². The number of nitrogens with zero attached hydrogens (tertiary/aromatic N) is 1. The van der Waals surface area contributed by atoms with Gasteiger partial charge in [-0.15, -0.1) is 0 Å². The Hall–Kier alpha value is -1.13. The summed E-state index contributed by atoms with van der Waals surface area (Å²) in [6.07, 6.45) is 0. The van der Waals surface area contributed by atoms with Gasteiger partial charge in [-0.1, -0.05) is 0 Å². The lowest BCUT2D eigenvalue weighted by Gasteiger charge is -2.33. The zero-order valence-corrected chi connectivity index (χ0v) is 10.3. The van der Waals surface area contributed by atoms with E-state index in [0.29, 0.717) is 11.1 Å². The zero-order chi connectivity index (χ0) is 12.4. The van der Waals surface area contributed by atoms with Crippen LogP contribution in [0.1, 0.15) is 24.1 Å². The van der Waals surface area contributed by atoms with Crippen LogP contribution in [0.3, 0.4) is 0 Å². The van der Waals surface area contributed by atoms with Crippen LogP contribution in [0, 0.1) is 12.7 Å². The van der Waals surface area contributed by atoms with Gasteiger partial charge in [0.2, 0.25) is 0 Å². The Morgan fingerprint density at radius 2 is 2.00 bits per heavy atom. The molecule has 0 aromatic heterocycles. The maximum Gasteiger partial charge on any atom is 0.124 e. The first-order valence-electron chi connectivity index (χ1n) is 6.03. The van der Waals surface area contributed by atoms with E-state index in [1.165, 1.54) is 12.1 Å². The van der Waals surface area contributed by atoms with Crippen LogP contribution >= 0.6 is 0 Å².